The molecule has 5 rings (SSSR count). The maximum absolute atomic E-state index is 13.5. The molecule has 0 unspecified atom stereocenters. The smallest absolute Gasteiger partial charge is 0.241 e. The van der Waals surface area contributed by atoms with Crippen molar-refractivity contribution in [2.75, 3.05) is 6.61 Å². The Balaban J connectivity index is 1.64. The van der Waals surface area contributed by atoms with Gasteiger partial charge in [-0.2, -0.15) is 5.10 Å². The van der Waals surface area contributed by atoms with Crippen LogP contribution in [0.4, 0.5) is 4.39 Å². The van der Waals surface area contributed by atoms with Crippen molar-refractivity contribution in [2.24, 2.45) is 0 Å². The summed E-state index contributed by atoms with van der Waals surface area (Å²) in [5, 5.41) is 9.60. The van der Waals surface area contributed by atoms with Gasteiger partial charge in [0, 0.05) is 28.6 Å². The first-order valence-electron chi connectivity index (χ1n) is 11.1. The van der Waals surface area contributed by atoms with Gasteiger partial charge < -0.3 is 10.1 Å². The Bertz CT molecular complexity index is 1280. The number of carbonyl (C=O) groups excluding carboxylic acids is 1. The molecule has 0 spiro atoms. The van der Waals surface area contributed by atoms with Gasteiger partial charge in [-0.05, 0) is 62.2 Å². The molecule has 32 heavy (non-hydrogen) atoms. The Morgan fingerprint density at radius 3 is 2.69 bits per heavy atom. The third-order valence-corrected chi connectivity index (χ3v) is 5.99. The summed E-state index contributed by atoms with van der Waals surface area (Å²) in [5.74, 6) is 0.372. The Morgan fingerprint density at radius 2 is 1.94 bits per heavy atom. The van der Waals surface area contributed by atoms with E-state index in [0.29, 0.717) is 12.3 Å². The fourth-order valence-electron chi connectivity index (χ4n) is 4.51. The van der Waals surface area contributed by atoms with Gasteiger partial charge in [-0.25, -0.2) is 4.39 Å². The van der Waals surface area contributed by atoms with Crippen LogP contribution in [-0.4, -0.2) is 33.3 Å². The number of amides is 1. The molecular weight excluding hydrogens is 407 g/mol. The van der Waals surface area contributed by atoms with Gasteiger partial charge in [0.1, 0.15) is 23.8 Å². The molecule has 1 amide bonds. The molecule has 2 aromatic carbocycles. The highest BCUT2D eigenvalue weighted by molar-refractivity contribution is 6.08. The Hall–Kier alpha value is -3.48. The first-order valence-corrected chi connectivity index (χ1v) is 11.1. The van der Waals surface area contributed by atoms with Gasteiger partial charge >= 0.3 is 0 Å². The number of aromatic nitrogens is 3. The molecule has 2 aromatic heterocycles. The van der Waals surface area contributed by atoms with E-state index in [1.165, 1.54) is 12.1 Å². The predicted octanol–water partition coefficient (Wildman–Crippen LogP) is 4.85. The molecule has 164 valence electrons. The van der Waals surface area contributed by atoms with Crippen LogP contribution < -0.4 is 10.1 Å². The number of hydrogen-bond acceptors (Lipinski definition) is 4. The van der Waals surface area contributed by atoms with Crippen LogP contribution in [0.15, 0.2) is 48.7 Å². The number of pyridine rings is 1. The molecule has 4 aromatic rings. The third kappa shape index (κ3) is 3.90. The number of ether oxygens (including phenoxy) is 1. The van der Waals surface area contributed by atoms with Crippen molar-refractivity contribution in [3.05, 3.63) is 54.5 Å². The van der Waals surface area contributed by atoms with Crippen LogP contribution in [0.3, 0.4) is 0 Å². The second-order valence-corrected chi connectivity index (χ2v) is 8.19. The SMILES string of the molecule is CCOc1ccc2ncc3c(-c4ccc(F)cc4)nn(CC(=O)NC4CCCC4)c3c2c1. The summed E-state index contributed by atoms with van der Waals surface area (Å²) in [6, 6.07) is 12.2. The maximum Gasteiger partial charge on any atom is 0.241 e. The normalized spacial score (nSPS) is 14.3. The van der Waals surface area contributed by atoms with E-state index in [-0.39, 0.29) is 24.3 Å². The number of halogens is 1. The predicted molar refractivity (Wildman–Crippen MR) is 122 cm³/mol. The molecule has 7 heteroatoms. The molecular formula is C25H25FN4O2. The van der Waals surface area contributed by atoms with Gasteiger partial charge in [0.15, 0.2) is 0 Å². The number of nitrogens with one attached hydrogen (secondary N) is 1. The minimum Gasteiger partial charge on any atom is -0.494 e. The zero-order chi connectivity index (χ0) is 22.1. The highest BCUT2D eigenvalue weighted by Crippen LogP contribution is 2.33. The van der Waals surface area contributed by atoms with Crippen molar-refractivity contribution in [1.29, 1.82) is 0 Å². The van der Waals surface area contributed by atoms with Gasteiger partial charge in [-0.1, -0.05) is 12.8 Å². The van der Waals surface area contributed by atoms with E-state index in [0.717, 1.165) is 58.8 Å². The largest absolute Gasteiger partial charge is 0.494 e. The quantitative estimate of drug-likeness (QED) is 0.473. The second kappa shape index (κ2) is 8.57. The number of benzene rings is 2. The summed E-state index contributed by atoms with van der Waals surface area (Å²) in [4.78, 5) is 17.5. The number of nitrogens with zero attached hydrogens (tertiary/aromatic N) is 3. The summed E-state index contributed by atoms with van der Waals surface area (Å²) in [5.41, 5.74) is 3.06. The summed E-state index contributed by atoms with van der Waals surface area (Å²) >= 11 is 0. The van der Waals surface area contributed by atoms with Crippen molar-refractivity contribution in [1.82, 2.24) is 20.1 Å². The molecule has 6 nitrogen and oxygen atoms in total. The molecule has 0 radical (unpaired) electrons. The van der Waals surface area contributed by atoms with Gasteiger partial charge in [0.2, 0.25) is 5.91 Å². The summed E-state index contributed by atoms with van der Waals surface area (Å²) in [7, 11) is 0. The lowest BCUT2D eigenvalue weighted by Gasteiger charge is -2.12. The van der Waals surface area contributed by atoms with E-state index in [1.807, 2.05) is 25.1 Å². The zero-order valence-electron chi connectivity index (χ0n) is 18.0. The Kier molecular flexibility index (Phi) is 5.47. The fraction of sp³-hybridized carbons (Fsp3) is 0.320. The molecule has 1 fully saturated rings. The summed E-state index contributed by atoms with van der Waals surface area (Å²) in [6.07, 6.45) is 6.13. The number of fused-ring (bicyclic) bond motifs is 3. The van der Waals surface area contributed by atoms with Crippen LogP contribution >= 0.6 is 0 Å². The number of carbonyl (C=O) groups is 1. The zero-order valence-corrected chi connectivity index (χ0v) is 18.0. The molecule has 0 bridgehead atoms. The van der Waals surface area contributed by atoms with Crippen LogP contribution in [0.1, 0.15) is 32.6 Å². The molecule has 0 atom stereocenters. The van der Waals surface area contributed by atoms with Crippen molar-refractivity contribution in [3.63, 3.8) is 0 Å². The topological polar surface area (TPSA) is 69.0 Å². The highest BCUT2D eigenvalue weighted by atomic mass is 19.1. The lowest BCUT2D eigenvalue weighted by molar-refractivity contribution is -0.122. The van der Waals surface area contributed by atoms with E-state index in [9.17, 15) is 9.18 Å². The molecule has 1 aliphatic carbocycles. The number of rotatable bonds is 6. The Labute approximate surface area is 185 Å². The van der Waals surface area contributed by atoms with Crippen LogP contribution in [0.25, 0.3) is 33.1 Å². The van der Waals surface area contributed by atoms with Crippen LogP contribution in [0.5, 0.6) is 5.75 Å². The summed E-state index contributed by atoms with van der Waals surface area (Å²) < 4.78 is 20.9. The van der Waals surface area contributed by atoms with Crippen molar-refractivity contribution in [3.8, 4) is 17.0 Å². The molecule has 2 heterocycles. The van der Waals surface area contributed by atoms with Crippen molar-refractivity contribution in [2.45, 2.75) is 45.2 Å². The van der Waals surface area contributed by atoms with E-state index in [4.69, 9.17) is 9.84 Å². The van der Waals surface area contributed by atoms with Crippen molar-refractivity contribution < 1.29 is 13.9 Å². The lowest BCUT2D eigenvalue weighted by Crippen LogP contribution is -2.35. The fourth-order valence-corrected chi connectivity index (χ4v) is 4.51. The minimum atomic E-state index is -0.307. The van der Waals surface area contributed by atoms with Gasteiger partial charge in [0.05, 0.1) is 17.6 Å². The number of hydrogen-bond donors (Lipinski definition) is 1. The van der Waals surface area contributed by atoms with E-state index in [2.05, 4.69) is 10.3 Å². The molecule has 1 saturated carbocycles. The van der Waals surface area contributed by atoms with E-state index in [1.54, 1.807) is 23.0 Å². The summed E-state index contributed by atoms with van der Waals surface area (Å²) in [6.45, 7) is 2.60. The second-order valence-electron chi connectivity index (χ2n) is 8.19. The molecule has 0 aliphatic heterocycles. The first-order chi connectivity index (χ1) is 15.6. The van der Waals surface area contributed by atoms with Crippen LogP contribution in [0, 0.1) is 5.82 Å². The van der Waals surface area contributed by atoms with E-state index < -0.39 is 0 Å². The monoisotopic (exact) mass is 432 g/mol. The van der Waals surface area contributed by atoms with Crippen molar-refractivity contribution >= 4 is 27.7 Å². The van der Waals surface area contributed by atoms with Crippen LogP contribution in [0.2, 0.25) is 0 Å². The van der Waals surface area contributed by atoms with Gasteiger partial charge in [0.25, 0.3) is 0 Å². The maximum atomic E-state index is 13.5. The first kappa shape index (κ1) is 20.4. The minimum absolute atomic E-state index is 0.0575. The lowest BCUT2D eigenvalue weighted by atomic mass is 10.1. The van der Waals surface area contributed by atoms with E-state index >= 15 is 0 Å². The van der Waals surface area contributed by atoms with Gasteiger partial charge in [-0.15, -0.1) is 0 Å². The third-order valence-electron chi connectivity index (χ3n) is 5.99. The standard InChI is InChI=1S/C25H25FN4O2/c1-2-32-19-11-12-22-20(13-19)25-21(14-27-22)24(16-7-9-17(26)10-8-16)29-30(25)15-23(31)28-18-5-3-4-6-18/h7-14,18H,2-6,15H2,1H3,(H,28,31). The molecule has 0 saturated heterocycles. The average molecular weight is 432 g/mol. The van der Waals surface area contributed by atoms with Gasteiger partial charge in [-0.3, -0.25) is 14.5 Å². The highest BCUT2D eigenvalue weighted by Gasteiger charge is 2.21. The Morgan fingerprint density at radius 1 is 1.16 bits per heavy atom. The van der Waals surface area contributed by atoms with Crippen LogP contribution in [-0.2, 0) is 11.3 Å². The molecule has 1 aliphatic rings. The molecule has 1 N–H and O–H groups in total. The average Bonchev–Trinajstić information content (AvgIpc) is 3.42.